The fraction of sp³-hybridized carbons (Fsp3) is 0.606. The Morgan fingerprint density at radius 3 is 2.30 bits per heavy atom. The van der Waals surface area contributed by atoms with E-state index >= 15 is 0 Å². The van der Waals surface area contributed by atoms with Crippen LogP contribution >= 0.6 is 0 Å². The average Bonchev–Trinajstić information content (AvgIpc) is 3.67. The van der Waals surface area contributed by atoms with Gasteiger partial charge in [0, 0.05) is 43.8 Å². The Balaban J connectivity index is 0.000000609. The van der Waals surface area contributed by atoms with E-state index in [-0.39, 0.29) is 6.04 Å². The van der Waals surface area contributed by atoms with E-state index in [0.29, 0.717) is 11.7 Å². The molecule has 1 aromatic heterocycles. The molecule has 40 heavy (non-hydrogen) atoms. The molecule has 1 saturated carbocycles. The van der Waals surface area contributed by atoms with Gasteiger partial charge in [-0.05, 0) is 50.8 Å². The number of rotatable bonds is 9. The van der Waals surface area contributed by atoms with Gasteiger partial charge in [-0.3, -0.25) is 4.57 Å². The summed E-state index contributed by atoms with van der Waals surface area (Å²) in [5.74, 6) is 2.96. The summed E-state index contributed by atoms with van der Waals surface area (Å²) < 4.78 is 2.03. The van der Waals surface area contributed by atoms with E-state index in [9.17, 15) is 0 Å². The molecule has 0 radical (unpaired) electrons. The maximum Gasteiger partial charge on any atom is 0.140 e. The summed E-state index contributed by atoms with van der Waals surface area (Å²) in [6.07, 6.45) is 10.8. The van der Waals surface area contributed by atoms with Gasteiger partial charge in [-0.25, -0.2) is 4.99 Å². The highest BCUT2D eigenvalue weighted by molar-refractivity contribution is 6.17. The maximum atomic E-state index is 4.74. The Morgan fingerprint density at radius 2 is 1.77 bits per heavy atom. The molecule has 7 nitrogen and oxygen atoms in total. The summed E-state index contributed by atoms with van der Waals surface area (Å²) in [6.45, 7) is 25.1. The van der Waals surface area contributed by atoms with Crippen LogP contribution in [0.15, 0.2) is 54.1 Å². The van der Waals surface area contributed by atoms with E-state index in [1.54, 1.807) is 6.33 Å². The van der Waals surface area contributed by atoms with E-state index in [1.165, 1.54) is 36.9 Å². The van der Waals surface area contributed by atoms with Gasteiger partial charge in [-0.15, -0.1) is 10.2 Å². The van der Waals surface area contributed by atoms with Crippen molar-refractivity contribution in [1.29, 1.82) is 0 Å². The summed E-state index contributed by atoms with van der Waals surface area (Å²) in [7, 11) is 0. The van der Waals surface area contributed by atoms with E-state index in [1.807, 2.05) is 38.3 Å². The van der Waals surface area contributed by atoms with Crippen molar-refractivity contribution in [2.45, 2.75) is 99.5 Å². The zero-order valence-electron chi connectivity index (χ0n) is 26.5. The van der Waals surface area contributed by atoms with Crippen LogP contribution in [0.25, 0.3) is 5.70 Å². The predicted octanol–water partition coefficient (Wildman–Crippen LogP) is 7.57. The molecule has 0 amide bonds. The monoisotopic (exact) mass is 549 g/mol. The number of anilines is 1. The Hall–Kier alpha value is -2.93. The van der Waals surface area contributed by atoms with Crippen LogP contribution in [0.2, 0.25) is 0 Å². The zero-order valence-corrected chi connectivity index (χ0v) is 26.5. The quantitative estimate of drug-likeness (QED) is 0.316. The Kier molecular flexibility index (Phi) is 14.7. The van der Waals surface area contributed by atoms with Crippen molar-refractivity contribution in [1.82, 2.24) is 25.4 Å². The first-order valence-corrected chi connectivity index (χ1v) is 15.5. The van der Waals surface area contributed by atoms with Crippen molar-refractivity contribution >= 4 is 17.1 Å². The minimum absolute atomic E-state index is 0.107. The second-order valence-corrected chi connectivity index (χ2v) is 10.8. The number of aromatic nitrogens is 3. The number of piperazine rings is 1. The number of aliphatic imine (C=N–C) groups is 1. The lowest BCUT2D eigenvalue weighted by atomic mass is 10.1. The highest BCUT2D eigenvalue weighted by atomic mass is 15.3. The third-order valence-electron chi connectivity index (χ3n) is 7.74. The van der Waals surface area contributed by atoms with Gasteiger partial charge < -0.3 is 15.5 Å². The molecule has 4 rings (SSSR count). The molecular weight excluding hydrogens is 494 g/mol. The van der Waals surface area contributed by atoms with Gasteiger partial charge in [0.2, 0.25) is 0 Å². The van der Waals surface area contributed by atoms with Gasteiger partial charge >= 0.3 is 0 Å². The van der Waals surface area contributed by atoms with Gasteiger partial charge in [0.05, 0.1) is 11.4 Å². The number of benzene rings is 1. The third-order valence-corrected chi connectivity index (χ3v) is 7.74. The molecule has 1 aliphatic carbocycles. The molecular formula is C33H55N7. The van der Waals surface area contributed by atoms with Crippen LogP contribution in [0.1, 0.15) is 111 Å². The lowest BCUT2D eigenvalue weighted by Gasteiger charge is -2.29. The molecule has 2 aromatic rings. The van der Waals surface area contributed by atoms with Crippen LogP contribution in [-0.4, -0.2) is 46.7 Å². The summed E-state index contributed by atoms with van der Waals surface area (Å²) in [5.41, 5.74) is 4.33. The van der Waals surface area contributed by atoms with Crippen LogP contribution in [0, 0.1) is 5.92 Å². The topological polar surface area (TPSA) is 70.4 Å². The fourth-order valence-corrected chi connectivity index (χ4v) is 5.12. The van der Waals surface area contributed by atoms with Gasteiger partial charge in [0.25, 0.3) is 0 Å². The highest BCUT2D eigenvalue weighted by Gasteiger charge is 2.16. The maximum absolute atomic E-state index is 4.74. The molecule has 2 heterocycles. The summed E-state index contributed by atoms with van der Waals surface area (Å²) in [4.78, 5) is 7.16. The predicted molar refractivity (Wildman–Crippen MR) is 173 cm³/mol. The zero-order chi connectivity index (χ0) is 29.5. The molecule has 2 N–H and O–H groups in total. The smallest absolute Gasteiger partial charge is 0.140 e. The van der Waals surface area contributed by atoms with E-state index in [0.717, 1.165) is 55.8 Å². The lowest BCUT2D eigenvalue weighted by Crippen LogP contribution is -2.43. The lowest BCUT2D eigenvalue weighted by molar-refractivity contribution is 0.589. The average molecular weight is 550 g/mol. The highest BCUT2D eigenvalue weighted by Crippen LogP contribution is 2.23. The van der Waals surface area contributed by atoms with Crippen molar-refractivity contribution in [2.75, 3.05) is 31.1 Å². The van der Waals surface area contributed by atoms with Crippen molar-refractivity contribution in [2.24, 2.45) is 10.9 Å². The van der Waals surface area contributed by atoms with Crippen LogP contribution in [0.4, 0.5) is 5.69 Å². The SMILES string of the molecule is C=C(/N=C(C)\C(=C/C)n1cnnc1[C@H](C)CC)N[C@@H](C)c1ccc(N2CCNCC2)cc1.CC.CC1CCCC1. The Labute approximate surface area is 244 Å². The molecule has 1 saturated heterocycles. The third kappa shape index (κ3) is 9.92. The minimum atomic E-state index is 0.107. The fourth-order valence-electron chi connectivity index (χ4n) is 5.12. The van der Waals surface area contributed by atoms with Crippen LogP contribution in [-0.2, 0) is 0 Å². The minimum Gasteiger partial charge on any atom is -0.369 e. The summed E-state index contributed by atoms with van der Waals surface area (Å²) in [5, 5.41) is 15.3. The van der Waals surface area contributed by atoms with E-state index in [2.05, 4.69) is 84.3 Å². The van der Waals surface area contributed by atoms with Crippen molar-refractivity contribution < 1.29 is 0 Å². The first-order chi connectivity index (χ1) is 19.3. The van der Waals surface area contributed by atoms with Crippen LogP contribution < -0.4 is 15.5 Å². The number of hydrogen-bond donors (Lipinski definition) is 2. The van der Waals surface area contributed by atoms with Crippen molar-refractivity contribution in [3.05, 3.63) is 60.5 Å². The van der Waals surface area contributed by atoms with Gasteiger partial charge in [0.1, 0.15) is 18.0 Å². The van der Waals surface area contributed by atoms with E-state index in [4.69, 9.17) is 4.99 Å². The number of nitrogens with one attached hydrogen (secondary N) is 2. The van der Waals surface area contributed by atoms with Gasteiger partial charge in [-0.2, -0.15) is 0 Å². The van der Waals surface area contributed by atoms with Crippen LogP contribution in [0.3, 0.4) is 0 Å². The Morgan fingerprint density at radius 1 is 1.15 bits per heavy atom. The van der Waals surface area contributed by atoms with Crippen molar-refractivity contribution in [3.8, 4) is 0 Å². The van der Waals surface area contributed by atoms with Gasteiger partial charge in [-0.1, -0.05) is 85.1 Å². The second-order valence-electron chi connectivity index (χ2n) is 10.8. The number of allylic oxidation sites excluding steroid dienone is 2. The molecule has 1 aromatic carbocycles. The summed E-state index contributed by atoms with van der Waals surface area (Å²) in [6, 6.07) is 8.89. The Bertz CT molecular complexity index is 1050. The molecule has 1 aliphatic heterocycles. The van der Waals surface area contributed by atoms with E-state index < -0.39 is 0 Å². The molecule has 2 fully saturated rings. The molecule has 2 aliphatic rings. The first-order valence-electron chi connectivity index (χ1n) is 15.5. The second kappa shape index (κ2) is 17.7. The molecule has 222 valence electrons. The van der Waals surface area contributed by atoms with Crippen molar-refractivity contribution in [3.63, 3.8) is 0 Å². The number of nitrogens with zero attached hydrogens (tertiary/aromatic N) is 5. The molecule has 2 atom stereocenters. The molecule has 0 unspecified atom stereocenters. The standard InChI is InChI=1S/C25H37N7.C6H12.C2H6/c1-7-18(3)25-30-27-17-32(25)24(8-2)20(5)29-21(6)28-19(4)22-9-11-23(12-10-22)31-15-13-26-14-16-31;1-6-4-2-3-5-6;1-2/h8-12,17-19,26,28H,6-7,13-16H2,1-5H3;6H,2-5H2,1H3;1-2H3/b24-8+,29-20-;;/t18-,19+;;/m1../s1. The molecule has 0 bridgehead atoms. The normalized spacial score (nSPS) is 17.8. The largest absolute Gasteiger partial charge is 0.369 e. The van der Waals surface area contributed by atoms with Crippen LogP contribution in [0.5, 0.6) is 0 Å². The van der Waals surface area contributed by atoms with Gasteiger partial charge in [0.15, 0.2) is 0 Å². The summed E-state index contributed by atoms with van der Waals surface area (Å²) >= 11 is 0. The molecule has 7 heteroatoms. The molecule has 0 spiro atoms. The number of hydrogen-bond acceptors (Lipinski definition) is 6. The first kappa shape index (κ1) is 33.3.